The molecule has 5 heteroatoms. The summed E-state index contributed by atoms with van der Waals surface area (Å²) in [5.41, 5.74) is 0.967. The summed E-state index contributed by atoms with van der Waals surface area (Å²) >= 11 is 1.69. The molecule has 0 bridgehead atoms. The van der Waals surface area contributed by atoms with E-state index >= 15 is 0 Å². The van der Waals surface area contributed by atoms with Crippen molar-refractivity contribution in [2.45, 2.75) is 4.90 Å². The molecule has 1 saturated heterocycles. The number of hydrogen-bond donors (Lipinski definition) is 0. The summed E-state index contributed by atoms with van der Waals surface area (Å²) in [6.07, 6.45) is 3.83. The van der Waals surface area contributed by atoms with E-state index in [1.807, 2.05) is 30.3 Å². The number of ether oxygens (including phenoxy) is 1. The monoisotopic (exact) mass is 302 g/mol. The van der Waals surface area contributed by atoms with E-state index in [-0.39, 0.29) is 0 Å². The van der Waals surface area contributed by atoms with Crippen molar-refractivity contribution in [3.8, 4) is 0 Å². The number of benzene rings is 1. The normalized spacial score (nSPS) is 15.8. The van der Waals surface area contributed by atoms with Gasteiger partial charge in [-0.1, -0.05) is 12.1 Å². The summed E-state index contributed by atoms with van der Waals surface area (Å²) < 4.78 is 11.2. The lowest BCUT2D eigenvalue weighted by atomic mass is 10.3. The molecular weight excluding hydrogens is 284 g/mol. The Morgan fingerprint density at radius 3 is 2.76 bits per heavy atom. The minimum Gasteiger partial charge on any atom is -0.440 e. The van der Waals surface area contributed by atoms with Crippen molar-refractivity contribution in [2.75, 3.05) is 37.5 Å². The third-order valence-electron chi connectivity index (χ3n) is 3.35. The van der Waals surface area contributed by atoms with Crippen LogP contribution in [0.5, 0.6) is 0 Å². The second-order valence-electron chi connectivity index (χ2n) is 4.71. The predicted molar refractivity (Wildman–Crippen MR) is 87.2 cm³/mol. The zero-order valence-corrected chi connectivity index (χ0v) is 12.8. The molecule has 0 N–H and O–H groups in total. The van der Waals surface area contributed by atoms with E-state index in [2.05, 4.69) is 22.2 Å². The van der Waals surface area contributed by atoms with E-state index in [0.717, 1.165) is 48.5 Å². The first-order chi connectivity index (χ1) is 10.4. The average molecular weight is 302 g/mol. The van der Waals surface area contributed by atoms with Gasteiger partial charge in [0.15, 0.2) is 5.88 Å². The minimum absolute atomic E-state index is 0.755. The number of hydrogen-bond acceptors (Lipinski definition) is 5. The van der Waals surface area contributed by atoms with Crippen LogP contribution < -0.4 is 4.90 Å². The van der Waals surface area contributed by atoms with Crippen molar-refractivity contribution in [1.82, 2.24) is 0 Å². The van der Waals surface area contributed by atoms with E-state index in [9.17, 15) is 0 Å². The Balaban J connectivity index is 1.73. The Bertz CT molecular complexity index is 618. The van der Waals surface area contributed by atoms with Crippen molar-refractivity contribution in [1.29, 1.82) is 0 Å². The molecule has 0 atom stereocenters. The summed E-state index contributed by atoms with van der Waals surface area (Å²) in [6.45, 7) is 3.26. The quantitative estimate of drug-likeness (QED) is 0.639. The largest absolute Gasteiger partial charge is 0.440 e. The van der Waals surface area contributed by atoms with Crippen molar-refractivity contribution in [3.05, 3.63) is 42.2 Å². The Labute approximate surface area is 128 Å². The minimum atomic E-state index is 0.755. The van der Waals surface area contributed by atoms with Crippen LogP contribution in [0.15, 0.2) is 50.7 Å². The van der Waals surface area contributed by atoms with E-state index in [1.54, 1.807) is 18.0 Å². The van der Waals surface area contributed by atoms with Gasteiger partial charge in [-0.15, -0.1) is 11.8 Å². The third kappa shape index (κ3) is 3.49. The molecule has 0 aliphatic carbocycles. The van der Waals surface area contributed by atoms with Crippen LogP contribution in [0.25, 0.3) is 0 Å². The van der Waals surface area contributed by atoms with Crippen LogP contribution in [-0.4, -0.2) is 38.8 Å². The molecule has 3 rings (SSSR count). The van der Waals surface area contributed by atoms with Gasteiger partial charge in [-0.05, 0) is 24.5 Å². The maximum Gasteiger partial charge on any atom is 0.196 e. The highest BCUT2D eigenvalue weighted by molar-refractivity contribution is 7.98. The van der Waals surface area contributed by atoms with Crippen molar-refractivity contribution < 1.29 is 9.15 Å². The molecule has 1 fully saturated rings. The topological polar surface area (TPSA) is 38.0 Å². The summed E-state index contributed by atoms with van der Waals surface area (Å²) in [5, 5.41) is 0. The summed E-state index contributed by atoms with van der Waals surface area (Å²) in [7, 11) is 0. The molecule has 2 heterocycles. The van der Waals surface area contributed by atoms with Crippen LogP contribution in [0.2, 0.25) is 0 Å². The number of para-hydroxylation sites is 1. The first-order valence-electron chi connectivity index (χ1n) is 6.96. The lowest BCUT2D eigenvalue weighted by Crippen LogP contribution is -2.35. The van der Waals surface area contributed by atoms with Crippen LogP contribution in [0.1, 0.15) is 5.76 Å². The molecule has 1 aromatic heterocycles. The van der Waals surface area contributed by atoms with Crippen molar-refractivity contribution >= 4 is 29.5 Å². The smallest absolute Gasteiger partial charge is 0.196 e. The van der Waals surface area contributed by atoms with Crippen molar-refractivity contribution in [3.63, 3.8) is 0 Å². The number of anilines is 1. The summed E-state index contributed by atoms with van der Waals surface area (Å²) in [6, 6.07) is 12.0. The van der Waals surface area contributed by atoms with Gasteiger partial charge in [0.05, 0.1) is 25.1 Å². The molecule has 0 unspecified atom stereocenters. The number of aliphatic imine (C=N–C) groups is 1. The van der Waals surface area contributed by atoms with Crippen LogP contribution in [-0.2, 0) is 4.74 Å². The van der Waals surface area contributed by atoms with Gasteiger partial charge in [-0.3, -0.25) is 4.99 Å². The van der Waals surface area contributed by atoms with E-state index < -0.39 is 0 Å². The van der Waals surface area contributed by atoms with Gasteiger partial charge in [0, 0.05) is 24.1 Å². The first kappa shape index (κ1) is 14.2. The van der Waals surface area contributed by atoms with Crippen LogP contribution in [0, 0.1) is 0 Å². The first-order valence-corrected chi connectivity index (χ1v) is 8.19. The van der Waals surface area contributed by atoms with E-state index in [4.69, 9.17) is 9.15 Å². The highest BCUT2D eigenvalue weighted by Crippen LogP contribution is 2.27. The highest BCUT2D eigenvalue weighted by atomic mass is 32.2. The van der Waals surface area contributed by atoms with Crippen molar-refractivity contribution in [2.24, 2.45) is 4.99 Å². The van der Waals surface area contributed by atoms with E-state index in [1.165, 1.54) is 0 Å². The molecule has 2 aromatic rings. The Morgan fingerprint density at radius 2 is 1.95 bits per heavy atom. The molecule has 1 aliphatic rings. The average Bonchev–Trinajstić information content (AvgIpc) is 3.03. The van der Waals surface area contributed by atoms with Crippen LogP contribution in [0.4, 0.5) is 11.6 Å². The molecule has 1 aliphatic heterocycles. The zero-order valence-electron chi connectivity index (χ0n) is 12.0. The molecular formula is C16H18N2O2S. The Morgan fingerprint density at radius 1 is 1.14 bits per heavy atom. The standard InChI is InChI=1S/C16H18N2O2S/c1-21-15-5-3-2-4-14(15)17-12-13-6-7-16(20-13)18-8-10-19-11-9-18/h2-7,12H,8-11H2,1H3. The highest BCUT2D eigenvalue weighted by Gasteiger charge is 2.14. The van der Waals surface area contributed by atoms with Crippen LogP contribution >= 0.6 is 11.8 Å². The Kier molecular flexibility index (Phi) is 4.62. The number of morpholine rings is 1. The second-order valence-corrected chi connectivity index (χ2v) is 5.55. The van der Waals surface area contributed by atoms with Gasteiger partial charge in [-0.25, -0.2) is 0 Å². The van der Waals surface area contributed by atoms with Gasteiger partial charge in [0.2, 0.25) is 0 Å². The molecule has 1 aromatic carbocycles. The van der Waals surface area contributed by atoms with Gasteiger partial charge >= 0.3 is 0 Å². The van der Waals surface area contributed by atoms with Crippen LogP contribution in [0.3, 0.4) is 0 Å². The predicted octanol–water partition coefficient (Wildman–Crippen LogP) is 3.59. The summed E-state index contributed by atoms with van der Waals surface area (Å²) in [4.78, 5) is 7.87. The zero-order chi connectivity index (χ0) is 14.5. The number of nitrogens with zero attached hydrogens (tertiary/aromatic N) is 2. The van der Waals surface area contributed by atoms with Gasteiger partial charge in [-0.2, -0.15) is 0 Å². The fourth-order valence-corrected chi connectivity index (χ4v) is 2.78. The fraction of sp³-hybridized carbons (Fsp3) is 0.312. The number of furan rings is 1. The summed E-state index contributed by atoms with van der Waals surface area (Å²) in [5.74, 6) is 1.66. The van der Waals surface area contributed by atoms with E-state index in [0.29, 0.717) is 0 Å². The van der Waals surface area contributed by atoms with Gasteiger partial charge in [0.1, 0.15) is 5.76 Å². The third-order valence-corrected chi connectivity index (χ3v) is 4.14. The number of thioether (sulfide) groups is 1. The second kappa shape index (κ2) is 6.83. The Hall–Kier alpha value is -1.72. The SMILES string of the molecule is CSc1ccccc1N=Cc1ccc(N2CCOCC2)o1. The lowest BCUT2D eigenvalue weighted by Gasteiger charge is -2.26. The molecule has 0 spiro atoms. The van der Waals surface area contributed by atoms with Gasteiger partial charge < -0.3 is 14.1 Å². The maximum atomic E-state index is 5.83. The molecule has 110 valence electrons. The number of rotatable bonds is 4. The van der Waals surface area contributed by atoms with Gasteiger partial charge in [0.25, 0.3) is 0 Å². The fourth-order valence-electron chi connectivity index (χ4n) is 2.23. The molecule has 4 nitrogen and oxygen atoms in total. The molecule has 0 amide bonds. The lowest BCUT2D eigenvalue weighted by molar-refractivity contribution is 0.120. The molecule has 0 saturated carbocycles. The molecule has 0 radical (unpaired) electrons. The maximum absolute atomic E-state index is 5.83. The molecule has 21 heavy (non-hydrogen) atoms.